The highest BCUT2D eigenvalue weighted by molar-refractivity contribution is 6.25. The molecule has 3 rings (SSSR count). The molecule has 1 unspecified atom stereocenters. The molecule has 0 aliphatic heterocycles. The minimum absolute atomic E-state index is 0.0207. The van der Waals surface area contributed by atoms with Gasteiger partial charge in [0.2, 0.25) is 0 Å². The van der Waals surface area contributed by atoms with Crippen molar-refractivity contribution in [1.29, 1.82) is 0 Å². The number of alkyl halides is 6. The summed E-state index contributed by atoms with van der Waals surface area (Å²) in [5, 5.41) is 21.3. The number of aliphatic hydroxyl groups is 2. The van der Waals surface area contributed by atoms with Crippen LogP contribution in [-0.4, -0.2) is 21.8 Å². The van der Waals surface area contributed by atoms with Crippen molar-refractivity contribution in [2.24, 2.45) is 11.3 Å². The third kappa shape index (κ3) is 4.01. The van der Waals surface area contributed by atoms with Crippen LogP contribution in [0.2, 0.25) is 0 Å². The Morgan fingerprint density at radius 1 is 1.03 bits per heavy atom. The molecule has 0 saturated heterocycles. The van der Waals surface area contributed by atoms with Crippen LogP contribution in [-0.2, 0) is 21.9 Å². The molecule has 186 valence electrons. The molecule has 0 bridgehead atoms. The van der Waals surface area contributed by atoms with Gasteiger partial charge in [0.25, 0.3) is 0 Å². The Bertz CT molecular complexity index is 1090. The predicted octanol–water partition coefficient (Wildman–Crippen LogP) is 6.82. The second-order valence-electron chi connectivity index (χ2n) is 8.63. The first kappa shape index (κ1) is 25.8. The van der Waals surface area contributed by atoms with Crippen LogP contribution in [0.25, 0.3) is 0 Å². The van der Waals surface area contributed by atoms with Gasteiger partial charge in [-0.25, -0.2) is 0 Å². The van der Waals surface area contributed by atoms with E-state index in [1.54, 1.807) is 20.8 Å². The molecule has 1 saturated carbocycles. The number of benzene rings is 1. The number of aliphatic hydroxyl groups excluding tert-OH is 2. The van der Waals surface area contributed by atoms with E-state index in [0.717, 1.165) is 0 Å². The van der Waals surface area contributed by atoms with Crippen molar-refractivity contribution >= 4 is 11.6 Å². The van der Waals surface area contributed by atoms with E-state index < -0.39 is 69.2 Å². The van der Waals surface area contributed by atoms with Gasteiger partial charge in [0, 0.05) is 11.5 Å². The van der Waals surface area contributed by atoms with Gasteiger partial charge in [0.1, 0.15) is 17.1 Å². The van der Waals surface area contributed by atoms with Gasteiger partial charge in [0.15, 0.2) is 11.6 Å². The average Bonchev–Trinajstić information content (AvgIpc) is 3.54. The van der Waals surface area contributed by atoms with Gasteiger partial charge in [-0.2, -0.15) is 26.3 Å². The summed E-state index contributed by atoms with van der Waals surface area (Å²) in [6, 6.07) is 1.26. The van der Waals surface area contributed by atoms with Crippen molar-refractivity contribution in [2.75, 3.05) is 0 Å². The van der Waals surface area contributed by atoms with Crippen molar-refractivity contribution in [2.45, 2.75) is 64.7 Å². The Hall–Kier alpha value is -2.78. The summed E-state index contributed by atoms with van der Waals surface area (Å²) in [6.07, 6.45) is -9.80. The fourth-order valence-corrected chi connectivity index (χ4v) is 4.79. The van der Waals surface area contributed by atoms with E-state index in [9.17, 15) is 46.1 Å². The SMILES string of the molecule is CCC1=C(O)C(CC)(CC)C(=O)C(C(=O)C2C[C@@H]2c2ccc(C(F)(F)F)cc2C(F)(F)F)=C1O. The summed E-state index contributed by atoms with van der Waals surface area (Å²) in [6.45, 7) is 4.87. The van der Waals surface area contributed by atoms with Crippen LogP contribution in [0.5, 0.6) is 0 Å². The Morgan fingerprint density at radius 3 is 2.09 bits per heavy atom. The molecule has 0 amide bonds. The number of halogens is 6. The zero-order valence-electron chi connectivity index (χ0n) is 18.7. The van der Waals surface area contributed by atoms with Gasteiger partial charge in [-0.3, -0.25) is 9.59 Å². The molecule has 34 heavy (non-hydrogen) atoms. The van der Waals surface area contributed by atoms with E-state index >= 15 is 0 Å². The molecule has 10 heteroatoms. The quantitative estimate of drug-likeness (QED) is 0.339. The van der Waals surface area contributed by atoms with Gasteiger partial charge in [0.05, 0.1) is 16.5 Å². The monoisotopic (exact) mass is 490 g/mol. The highest BCUT2D eigenvalue weighted by atomic mass is 19.4. The molecule has 1 fully saturated rings. The fraction of sp³-hybridized carbons (Fsp3) is 0.500. The normalized spacial score (nSPS) is 22.9. The molecule has 2 atom stereocenters. The van der Waals surface area contributed by atoms with E-state index in [1.165, 1.54) is 0 Å². The average molecular weight is 490 g/mol. The van der Waals surface area contributed by atoms with E-state index in [-0.39, 0.29) is 43.1 Å². The van der Waals surface area contributed by atoms with Crippen molar-refractivity contribution in [3.05, 3.63) is 57.6 Å². The maximum atomic E-state index is 13.6. The van der Waals surface area contributed by atoms with E-state index in [4.69, 9.17) is 0 Å². The minimum atomic E-state index is -5.08. The van der Waals surface area contributed by atoms with Gasteiger partial charge in [-0.05, 0) is 49.3 Å². The van der Waals surface area contributed by atoms with Crippen LogP contribution in [0.15, 0.2) is 40.9 Å². The lowest BCUT2D eigenvalue weighted by molar-refractivity contribution is -0.143. The Balaban J connectivity index is 2.03. The number of ketones is 2. The number of Topliss-reactive ketones (excluding diaryl/α,β-unsaturated/α-hetero) is 2. The Kier molecular flexibility index (Phi) is 6.43. The largest absolute Gasteiger partial charge is 0.511 e. The third-order valence-electron chi connectivity index (χ3n) is 6.94. The predicted molar refractivity (Wildman–Crippen MR) is 110 cm³/mol. The molecule has 2 N–H and O–H groups in total. The smallest absolute Gasteiger partial charge is 0.416 e. The van der Waals surface area contributed by atoms with Crippen molar-refractivity contribution in [3.63, 3.8) is 0 Å². The summed E-state index contributed by atoms with van der Waals surface area (Å²) in [5.74, 6) is -4.85. The lowest BCUT2D eigenvalue weighted by Crippen LogP contribution is -2.40. The molecule has 1 aromatic rings. The Labute approximate surface area is 192 Å². The molecule has 0 heterocycles. The summed E-state index contributed by atoms with van der Waals surface area (Å²) in [4.78, 5) is 26.5. The van der Waals surface area contributed by atoms with E-state index in [2.05, 4.69) is 0 Å². The van der Waals surface area contributed by atoms with Crippen LogP contribution in [0.3, 0.4) is 0 Å². The molecule has 2 aliphatic rings. The highest BCUT2D eigenvalue weighted by Crippen LogP contribution is 2.55. The molecule has 0 aromatic heterocycles. The van der Waals surface area contributed by atoms with Crippen LogP contribution in [0, 0.1) is 11.3 Å². The molecular formula is C24H24F6O4. The molecule has 0 radical (unpaired) electrons. The lowest BCUT2D eigenvalue weighted by atomic mass is 9.67. The van der Waals surface area contributed by atoms with Crippen LogP contribution in [0.4, 0.5) is 26.3 Å². The second-order valence-corrected chi connectivity index (χ2v) is 8.63. The van der Waals surface area contributed by atoms with E-state index in [1.807, 2.05) is 0 Å². The number of hydrogen-bond donors (Lipinski definition) is 2. The molecule has 2 aliphatic carbocycles. The summed E-state index contributed by atoms with van der Waals surface area (Å²) in [7, 11) is 0. The number of carbonyl (C=O) groups is 2. The molecule has 4 nitrogen and oxygen atoms in total. The molecule has 1 aromatic carbocycles. The second kappa shape index (κ2) is 8.46. The first-order valence-electron chi connectivity index (χ1n) is 10.9. The summed E-state index contributed by atoms with van der Waals surface area (Å²) in [5.41, 5.74) is -5.38. The minimum Gasteiger partial charge on any atom is -0.511 e. The lowest BCUT2D eigenvalue weighted by Gasteiger charge is -2.35. The van der Waals surface area contributed by atoms with Gasteiger partial charge < -0.3 is 10.2 Å². The van der Waals surface area contributed by atoms with Crippen LogP contribution < -0.4 is 0 Å². The number of carbonyl (C=O) groups excluding carboxylic acids is 2. The maximum Gasteiger partial charge on any atom is 0.416 e. The summed E-state index contributed by atoms with van der Waals surface area (Å²) >= 11 is 0. The number of hydrogen-bond acceptors (Lipinski definition) is 4. The van der Waals surface area contributed by atoms with Crippen LogP contribution >= 0.6 is 0 Å². The van der Waals surface area contributed by atoms with Crippen LogP contribution in [0.1, 0.15) is 69.1 Å². The van der Waals surface area contributed by atoms with Crippen molar-refractivity contribution in [3.8, 4) is 0 Å². The fourth-order valence-electron chi connectivity index (χ4n) is 4.79. The number of allylic oxidation sites excluding steroid dienone is 3. The first-order valence-corrected chi connectivity index (χ1v) is 10.9. The first-order chi connectivity index (χ1) is 15.7. The molecule has 0 spiro atoms. The van der Waals surface area contributed by atoms with Crippen molar-refractivity contribution in [1.82, 2.24) is 0 Å². The zero-order chi connectivity index (χ0) is 25.8. The molecular weight excluding hydrogens is 466 g/mol. The topological polar surface area (TPSA) is 74.6 Å². The van der Waals surface area contributed by atoms with Gasteiger partial charge in [-0.1, -0.05) is 26.8 Å². The van der Waals surface area contributed by atoms with Crippen molar-refractivity contribution < 1.29 is 46.1 Å². The highest BCUT2D eigenvalue weighted by Gasteiger charge is 2.55. The summed E-state index contributed by atoms with van der Waals surface area (Å²) < 4.78 is 79.6. The maximum absolute atomic E-state index is 13.6. The number of rotatable bonds is 6. The standard InChI is InChI=1S/C24H24F6O4/c1-4-12-18(31)17(21(34)22(5-2,6-3)20(12)33)19(32)15-10-14(15)13-8-7-11(23(25,26)27)9-16(13)24(28,29)30/h7-9,14-15,31,33H,4-6,10H2,1-3H3/t14-,15?/m1/s1. The van der Waals surface area contributed by atoms with Gasteiger partial charge in [-0.15, -0.1) is 0 Å². The zero-order valence-corrected chi connectivity index (χ0v) is 18.7. The van der Waals surface area contributed by atoms with E-state index in [0.29, 0.717) is 12.1 Å². The van der Waals surface area contributed by atoms with Gasteiger partial charge >= 0.3 is 12.4 Å². The third-order valence-corrected chi connectivity index (χ3v) is 6.94. The Morgan fingerprint density at radius 2 is 1.62 bits per heavy atom.